The summed E-state index contributed by atoms with van der Waals surface area (Å²) in [5.74, 6) is -0.0134. The third kappa shape index (κ3) is 2.05. The summed E-state index contributed by atoms with van der Waals surface area (Å²) in [6, 6.07) is 10.8. The molecule has 0 aliphatic rings. The summed E-state index contributed by atoms with van der Waals surface area (Å²) in [4.78, 5) is 13.1. The van der Waals surface area contributed by atoms with Crippen LogP contribution in [0.5, 0.6) is 0 Å². The van der Waals surface area contributed by atoms with Gasteiger partial charge in [-0.25, -0.2) is 0 Å². The second-order valence-corrected chi connectivity index (χ2v) is 4.65. The van der Waals surface area contributed by atoms with Gasteiger partial charge in [0.15, 0.2) is 5.78 Å². The van der Waals surface area contributed by atoms with Crippen LogP contribution in [0.15, 0.2) is 41.8 Å². The molecule has 0 aliphatic heterocycles. The molecule has 0 radical (unpaired) electrons. The van der Waals surface area contributed by atoms with Crippen LogP contribution in [0.4, 0.5) is 0 Å². The number of hydrogen-bond donors (Lipinski definition) is 1. The van der Waals surface area contributed by atoms with Gasteiger partial charge in [0.05, 0.1) is 0 Å². The normalized spacial score (nSPS) is 12.4. The first-order valence-corrected chi connectivity index (χ1v) is 5.97. The molecule has 1 aromatic carbocycles. The second-order valence-electron chi connectivity index (χ2n) is 3.67. The molecule has 1 atom stereocenters. The summed E-state index contributed by atoms with van der Waals surface area (Å²) in [5.41, 5.74) is 7.63. The minimum absolute atomic E-state index is 0.0134. The molecule has 1 unspecified atom stereocenters. The van der Waals surface area contributed by atoms with Crippen molar-refractivity contribution in [3.8, 4) is 0 Å². The predicted molar refractivity (Wildman–Crippen MR) is 66.8 cm³/mol. The topological polar surface area (TPSA) is 43.1 Å². The number of ketones is 1. The van der Waals surface area contributed by atoms with Crippen LogP contribution in [-0.2, 0) is 0 Å². The number of nitrogens with two attached hydrogens (primary N) is 1. The number of thiophene rings is 1. The molecule has 3 heteroatoms. The second kappa shape index (κ2) is 4.60. The van der Waals surface area contributed by atoms with Crippen molar-refractivity contribution in [2.75, 3.05) is 0 Å². The third-order valence-electron chi connectivity index (χ3n) is 2.54. The summed E-state index contributed by atoms with van der Waals surface area (Å²) in [7, 11) is 0. The summed E-state index contributed by atoms with van der Waals surface area (Å²) in [6.45, 7) is 1.92. The number of hydrogen-bond acceptors (Lipinski definition) is 3. The lowest BCUT2D eigenvalue weighted by Crippen LogP contribution is -2.21. The van der Waals surface area contributed by atoms with E-state index in [1.165, 1.54) is 11.3 Å². The first kappa shape index (κ1) is 11.0. The SMILES string of the molecule is Cc1ccccc1C(=O)C(N)c1cccs1. The molecule has 2 rings (SSSR count). The molecular weight excluding hydrogens is 218 g/mol. The average molecular weight is 231 g/mol. The van der Waals surface area contributed by atoms with Gasteiger partial charge in [-0.1, -0.05) is 30.3 Å². The Bertz CT molecular complexity index is 490. The molecule has 0 aliphatic carbocycles. The Kier molecular flexibility index (Phi) is 3.17. The molecule has 0 fully saturated rings. The van der Waals surface area contributed by atoms with E-state index in [4.69, 9.17) is 5.73 Å². The van der Waals surface area contributed by atoms with Gasteiger partial charge in [-0.05, 0) is 23.9 Å². The molecule has 2 nitrogen and oxygen atoms in total. The summed E-state index contributed by atoms with van der Waals surface area (Å²) >= 11 is 1.51. The summed E-state index contributed by atoms with van der Waals surface area (Å²) < 4.78 is 0. The van der Waals surface area contributed by atoms with Gasteiger partial charge in [0.1, 0.15) is 6.04 Å². The number of carbonyl (C=O) groups is 1. The van der Waals surface area contributed by atoms with Crippen molar-refractivity contribution in [2.45, 2.75) is 13.0 Å². The van der Waals surface area contributed by atoms with E-state index in [-0.39, 0.29) is 5.78 Å². The molecule has 16 heavy (non-hydrogen) atoms. The Hall–Kier alpha value is -1.45. The molecule has 0 bridgehead atoms. The summed E-state index contributed by atoms with van der Waals surface area (Å²) in [5, 5.41) is 1.93. The lowest BCUT2D eigenvalue weighted by Gasteiger charge is -2.10. The van der Waals surface area contributed by atoms with Gasteiger partial charge in [0, 0.05) is 10.4 Å². The first-order valence-electron chi connectivity index (χ1n) is 5.09. The van der Waals surface area contributed by atoms with Crippen LogP contribution < -0.4 is 5.73 Å². The van der Waals surface area contributed by atoms with Crippen LogP contribution in [0, 0.1) is 6.92 Å². The van der Waals surface area contributed by atoms with Gasteiger partial charge in [0.25, 0.3) is 0 Å². The fourth-order valence-corrected chi connectivity index (χ4v) is 2.34. The first-order chi connectivity index (χ1) is 7.70. The number of Topliss-reactive ketones (excluding diaryl/α,β-unsaturated/α-hetero) is 1. The van der Waals surface area contributed by atoms with Crippen molar-refractivity contribution in [1.29, 1.82) is 0 Å². The van der Waals surface area contributed by atoms with Gasteiger partial charge >= 0.3 is 0 Å². The zero-order valence-electron chi connectivity index (χ0n) is 9.01. The van der Waals surface area contributed by atoms with E-state index >= 15 is 0 Å². The lowest BCUT2D eigenvalue weighted by molar-refractivity contribution is 0.0962. The van der Waals surface area contributed by atoms with Gasteiger partial charge in [0.2, 0.25) is 0 Å². The number of carbonyl (C=O) groups excluding carboxylic acids is 1. The van der Waals surface area contributed by atoms with Crippen molar-refractivity contribution in [3.05, 3.63) is 57.8 Å². The minimum Gasteiger partial charge on any atom is -0.317 e. The Labute approximate surface area is 98.7 Å². The van der Waals surface area contributed by atoms with E-state index in [0.717, 1.165) is 10.4 Å². The van der Waals surface area contributed by atoms with E-state index in [1.54, 1.807) is 0 Å². The molecule has 0 saturated heterocycles. The van der Waals surface area contributed by atoms with Crippen molar-refractivity contribution in [1.82, 2.24) is 0 Å². The van der Waals surface area contributed by atoms with Crippen molar-refractivity contribution < 1.29 is 4.79 Å². The van der Waals surface area contributed by atoms with Gasteiger partial charge in [-0.3, -0.25) is 4.79 Å². The van der Waals surface area contributed by atoms with Crippen LogP contribution in [0.2, 0.25) is 0 Å². The highest BCUT2D eigenvalue weighted by Gasteiger charge is 2.19. The van der Waals surface area contributed by atoms with Gasteiger partial charge < -0.3 is 5.73 Å². The van der Waals surface area contributed by atoms with Gasteiger partial charge in [-0.15, -0.1) is 11.3 Å². The van der Waals surface area contributed by atoms with Crippen LogP contribution in [0.3, 0.4) is 0 Å². The minimum atomic E-state index is -0.541. The quantitative estimate of drug-likeness (QED) is 0.825. The van der Waals surface area contributed by atoms with Crippen molar-refractivity contribution in [3.63, 3.8) is 0 Å². The molecule has 82 valence electrons. The van der Waals surface area contributed by atoms with E-state index in [0.29, 0.717) is 5.56 Å². The van der Waals surface area contributed by atoms with Gasteiger partial charge in [-0.2, -0.15) is 0 Å². The molecule has 1 heterocycles. The Morgan fingerprint density at radius 2 is 2.00 bits per heavy atom. The van der Waals surface area contributed by atoms with Crippen molar-refractivity contribution >= 4 is 17.1 Å². The van der Waals surface area contributed by atoms with E-state index in [9.17, 15) is 4.79 Å². The maximum atomic E-state index is 12.1. The van der Waals surface area contributed by atoms with E-state index in [2.05, 4.69) is 0 Å². The largest absolute Gasteiger partial charge is 0.317 e. The smallest absolute Gasteiger partial charge is 0.185 e. The molecule has 2 aromatic rings. The third-order valence-corrected chi connectivity index (χ3v) is 3.50. The molecule has 0 spiro atoms. The standard InChI is InChI=1S/C13H13NOS/c1-9-5-2-3-6-10(9)13(15)12(14)11-7-4-8-16-11/h2-8,12H,14H2,1H3. The maximum Gasteiger partial charge on any atom is 0.185 e. The highest BCUT2D eigenvalue weighted by molar-refractivity contribution is 7.10. The molecule has 0 amide bonds. The zero-order valence-corrected chi connectivity index (χ0v) is 9.83. The van der Waals surface area contributed by atoms with Crippen molar-refractivity contribution in [2.24, 2.45) is 5.73 Å². The van der Waals surface area contributed by atoms with E-state index in [1.807, 2.05) is 48.7 Å². The lowest BCUT2D eigenvalue weighted by atomic mass is 9.99. The number of aryl methyl sites for hydroxylation is 1. The van der Waals surface area contributed by atoms with E-state index < -0.39 is 6.04 Å². The highest BCUT2D eigenvalue weighted by atomic mass is 32.1. The van der Waals surface area contributed by atoms with Crippen LogP contribution in [-0.4, -0.2) is 5.78 Å². The fraction of sp³-hybridized carbons (Fsp3) is 0.154. The zero-order chi connectivity index (χ0) is 11.5. The molecule has 1 aromatic heterocycles. The Morgan fingerprint density at radius 3 is 2.62 bits per heavy atom. The summed E-state index contributed by atoms with van der Waals surface area (Å²) in [6.07, 6.45) is 0. The number of rotatable bonds is 3. The molecule has 2 N–H and O–H groups in total. The predicted octanol–water partition coefficient (Wildman–Crippen LogP) is 2.94. The number of benzene rings is 1. The van der Waals surface area contributed by atoms with Crippen LogP contribution >= 0.6 is 11.3 Å². The van der Waals surface area contributed by atoms with Crippen LogP contribution in [0.1, 0.15) is 26.8 Å². The molecular formula is C13H13NOS. The fourth-order valence-electron chi connectivity index (χ4n) is 1.61. The average Bonchev–Trinajstić information content (AvgIpc) is 2.81. The van der Waals surface area contributed by atoms with Crippen LogP contribution in [0.25, 0.3) is 0 Å². The maximum absolute atomic E-state index is 12.1. The highest BCUT2D eigenvalue weighted by Crippen LogP contribution is 2.22. The molecule has 0 saturated carbocycles. The Morgan fingerprint density at radius 1 is 1.25 bits per heavy atom. The Balaban J connectivity index is 2.30. The monoisotopic (exact) mass is 231 g/mol.